The van der Waals surface area contributed by atoms with E-state index in [9.17, 15) is 14.3 Å². The molecule has 0 atom stereocenters. The molecule has 0 radical (unpaired) electrons. The fourth-order valence-electron chi connectivity index (χ4n) is 1.65. The molecule has 2 nitrogen and oxygen atoms in total. The van der Waals surface area contributed by atoms with Crippen LogP contribution in [-0.4, -0.2) is 11.4 Å². The summed E-state index contributed by atoms with van der Waals surface area (Å²) < 4.78 is 13.4. The summed E-state index contributed by atoms with van der Waals surface area (Å²) >= 11 is 0. The van der Waals surface area contributed by atoms with Gasteiger partial charge in [-0.25, -0.2) is 4.39 Å². The predicted octanol–water partition coefficient (Wildman–Crippen LogP) is 3.32. The summed E-state index contributed by atoms with van der Waals surface area (Å²) in [5, 5.41) is 9.85. The van der Waals surface area contributed by atoms with E-state index in [-0.39, 0.29) is 17.1 Å². The van der Waals surface area contributed by atoms with Crippen molar-refractivity contribution in [3.63, 3.8) is 0 Å². The van der Waals surface area contributed by atoms with Gasteiger partial charge in [0, 0.05) is 5.56 Å². The molecule has 17 heavy (non-hydrogen) atoms. The van der Waals surface area contributed by atoms with E-state index in [1.165, 1.54) is 12.1 Å². The minimum atomic E-state index is -0.335. The number of halogens is 1. The number of para-hydroxylation sites is 1. The van der Waals surface area contributed by atoms with Gasteiger partial charge < -0.3 is 5.11 Å². The number of phenolic OH excluding ortho intramolecular Hbond substituents is 1. The van der Waals surface area contributed by atoms with Gasteiger partial charge in [0.1, 0.15) is 11.6 Å². The van der Waals surface area contributed by atoms with Gasteiger partial charge in [0.15, 0.2) is 6.29 Å². The van der Waals surface area contributed by atoms with Crippen LogP contribution in [0.2, 0.25) is 0 Å². The van der Waals surface area contributed by atoms with Crippen molar-refractivity contribution in [3.05, 3.63) is 53.3 Å². The lowest BCUT2D eigenvalue weighted by molar-refractivity contribution is 0.112. The van der Waals surface area contributed by atoms with Crippen molar-refractivity contribution < 1.29 is 14.3 Å². The smallest absolute Gasteiger partial charge is 0.153 e. The highest BCUT2D eigenvalue weighted by Crippen LogP contribution is 2.32. The molecule has 0 heterocycles. The monoisotopic (exact) mass is 230 g/mol. The molecule has 2 aromatic rings. The number of aldehydes is 1. The maximum atomic E-state index is 13.4. The SMILES string of the molecule is Cc1ccc(-c2cccc(C=O)c2O)cc1F. The molecular formula is C14H11FO2. The lowest BCUT2D eigenvalue weighted by Gasteiger charge is -2.07. The van der Waals surface area contributed by atoms with E-state index in [2.05, 4.69) is 0 Å². The Morgan fingerprint density at radius 1 is 1.24 bits per heavy atom. The fourth-order valence-corrected chi connectivity index (χ4v) is 1.65. The molecular weight excluding hydrogens is 219 g/mol. The summed E-state index contributed by atoms with van der Waals surface area (Å²) in [6.45, 7) is 1.67. The van der Waals surface area contributed by atoms with Crippen LogP contribution in [0.3, 0.4) is 0 Å². The van der Waals surface area contributed by atoms with Crippen molar-refractivity contribution in [2.75, 3.05) is 0 Å². The van der Waals surface area contributed by atoms with Crippen molar-refractivity contribution >= 4 is 6.29 Å². The molecule has 0 saturated carbocycles. The average Bonchev–Trinajstić information content (AvgIpc) is 2.33. The quantitative estimate of drug-likeness (QED) is 0.803. The number of carbonyl (C=O) groups excluding carboxylic acids is 1. The van der Waals surface area contributed by atoms with Gasteiger partial charge in [-0.2, -0.15) is 0 Å². The Morgan fingerprint density at radius 3 is 2.65 bits per heavy atom. The normalized spacial score (nSPS) is 10.2. The molecule has 0 aliphatic heterocycles. The van der Waals surface area contributed by atoms with Crippen molar-refractivity contribution in [3.8, 4) is 16.9 Å². The van der Waals surface area contributed by atoms with Crippen LogP contribution >= 0.6 is 0 Å². The zero-order valence-corrected chi connectivity index (χ0v) is 9.27. The molecule has 0 unspecified atom stereocenters. The Balaban J connectivity index is 2.60. The second-order valence-electron chi connectivity index (χ2n) is 3.83. The van der Waals surface area contributed by atoms with E-state index in [1.54, 1.807) is 31.2 Å². The topological polar surface area (TPSA) is 37.3 Å². The first-order chi connectivity index (χ1) is 8.13. The molecule has 2 aromatic carbocycles. The first kappa shape index (κ1) is 11.3. The van der Waals surface area contributed by atoms with Gasteiger partial charge in [-0.1, -0.05) is 24.3 Å². The van der Waals surface area contributed by atoms with Crippen LogP contribution in [0.4, 0.5) is 4.39 Å². The summed E-state index contributed by atoms with van der Waals surface area (Å²) in [6, 6.07) is 9.50. The Bertz CT molecular complexity index is 576. The zero-order valence-electron chi connectivity index (χ0n) is 9.27. The maximum absolute atomic E-state index is 13.4. The van der Waals surface area contributed by atoms with E-state index in [1.807, 2.05) is 0 Å². The molecule has 0 saturated heterocycles. The first-order valence-corrected chi connectivity index (χ1v) is 5.17. The molecule has 1 N–H and O–H groups in total. The van der Waals surface area contributed by atoms with Gasteiger partial charge in [-0.15, -0.1) is 0 Å². The third kappa shape index (κ3) is 2.04. The number of rotatable bonds is 2. The lowest BCUT2D eigenvalue weighted by Crippen LogP contribution is -1.88. The molecule has 0 aliphatic rings. The van der Waals surface area contributed by atoms with E-state index in [0.717, 1.165) is 0 Å². The summed E-state index contributed by atoms with van der Waals surface area (Å²) in [5.41, 5.74) is 1.74. The minimum absolute atomic E-state index is 0.120. The van der Waals surface area contributed by atoms with E-state index < -0.39 is 0 Å². The van der Waals surface area contributed by atoms with Crippen molar-refractivity contribution in [2.45, 2.75) is 6.92 Å². The van der Waals surface area contributed by atoms with Gasteiger partial charge in [0.25, 0.3) is 0 Å². The van der Waals surface area contributed by atoms with Crippen LogP contribution in [0.1, 0.15) is 15.9 Å². The molecule has 2 rings (SSSR count). The number of hydrogen-bond acceptors (Lipinski definition) is 2. The first-order valence-electron chi connectivity index (χ1n) is 5.17. The van der Waals surface area contributed by atoms with Crippen LogP contribution in [0.15, 0.2) is 36.4 Å². The van der Waals surface area contributed by atoms with Gasteiger partial charge in [-0.05, 0) is 30.2 Å². The molecule has 0 aliphatic carbocycles. The standard InChI is InChI=1S/C14H11FO2/c1-9-5-6-10(7-13(9)15)12-4-2-3-11(8-16)14(12)17/h2-8,17H,1H3. The summed E-state index contributed by atoms with van der Waals surface area (Å²) in [6.07, 6.45) is 0.573. The number of phenols is 1. The van der Waals surface area contributed by atoms with E-state index in [0.29, 0.717) is 23.0 Å². The van der Waals surface area contributed by atoms with E-state index in [4.69, 9.17) is 0 Å². The van der Waals surface area contributed by atoms with Crippen LogP contribution in [0, 0.1) is 12.7 Å². The van der Waals surface area contributed by atoms with Gasteiger partial charge in [0.05, 0.1) is 5.56 Å². The molecule has 3 heteroatoms. The highest BCUT2D eigenvalue weighted by molar-refractivity contribution is 5.85. The molecule has 0 spiro atoms. The van der Waals surface area contributed by atoms with Gasteiger partial charge in [-0.3, -0.25) is 4.79 Å². The number of benzene rings is 2. The third-order valence-corrected chi connectivity index (χ3v) is 2.68. The number of aromatic hydroxyl groups is 1. The zero-order chi connectivity index (χ0) is 12.4. The predicted molar refractivity (Wildman–Crippen MR) is 63.6 cm³/mol. The Kier molecular flexibility index (Phi) is 2.91. The Morgan fingerprint density at radius 2 is 2.00 bits per heavy atom. The summed E-state index contributed by atoms with van der Waals surface area (Å²) in [5.74, 6) is -0.454. The average molecular weight is 230 g/mol. The van der Waals surface area contributed by atoms with Gasteiger partial charge in [0.2, 0.25) is 0 Å². The molecule has 0 amide bonds. The van der Waals surface area contributed by atoms with Crippen LogP contribution in [0.25, 0.3) is 11.1 Å². The lowest BCUT2D eigenvalue weighted by atomic mass is 10.0. The number of carbonyl (C=O) groups is 1. The van der Waals surface area contributed by atoms with Crippen molar-refractivity contribution in [1.82, 2.24) is 0 Å². The van der Waals surface area contributed by atoms with Gasteiger partial charge >= 0.3 is 0 Å². The molecule has 0 fully saturated rings. The summed E-state index contributed by atoms with van der Waals surface area (Å²) in [4.78, 5) is 10.7. The summed E-state index contributed by atoms with van der Waals surface area (Å²) in [7, 11) is 0. The Labute approximate surface area is 98.3 Å². The van der Waals surface area contributed by atoms with Crippen molar-refractivity contribution in [2.24, 2.45) is 0 Å². The molecule has 86 valence electrons. The second kappa shape index (κ2) is 4.37. The highest BCUT2D eigenvalue weighted by Gasteiger charge is 2.09. The fraction of sp³-hybridized carbons (Fsp3) is 0.0714. The van der Waals surface area contributed by atoms with E-state index >= 15 is 0 Å². The Hall–Kier alpha value is -2.16. The number of aryl methyl sites for hydroxylation is 1. The van der Waals surface area contributed by atoms with Crippen LogP contribution in [0.5, 0.6) is 5.75 Å². The minimum Gasteiger partial charge on any atom is -0.507 e. The highest BCUT2D eigenvalue weighted by atomic mass is 19.1. The molecule has 0 aromatic heterocycles. The second-order valence-corrected chi connectivity index (χ2v) is 3.83. The maximum Gasteiger partial charge on any atom is 0.153 e. The van der Waals surface area contributed by atoms with Crippen LogP contribution in [-0.2, 0) is 0 Å². The van der Waals surface area contributed by atoms with Crippen LogP contribution < -0.4 is 0 Å². The molecule has 0 bridgehead atoms. The third-order valence-electron chi connectivity index (χ3n) is 2.68. The largest absolute Gasteiger partial charge is 0.507 e. The van der Waals surface area contributed by atoms with Crippen molar-refractivity contribution in [1.29, 1.82) is 0 Å². The number of hydrogen-bond donors (Lipinski definition) is 1.